The highest BCUT2D eigenvalue weighted by molar-refractivity contribution is 8.27. The Hall–Kier alpha value is -1.06. The van der Waals surface area contributed by atoms with Gasteiger partial charge in [-0.15, -0.1) is 0 Å². The molecule has 2 fully saturated rings. The van der Waals surface area contributed by atoms with Crippen LogP contribution in [0, 0.1) is 0 Å². The minimum atomic E-state index is -0.0927. The lowest BCUT2D eigenvalue weighted by molar-refractivity contribution is -0.129. The second kappa shape index (κ2) is 11.7. The van der Waals surface area contributed by atoms with E-state index < -0.39 is 0 Å². The predicted molar refractivity (Wildman–Crippen MR) is 113 cm³/mol. The number of carbonyl (C=O) groups is 3. The molecule has 27 heavy (non-hydrogen) atoms. The molecule has 0 aromatic rings. The van der Waals surface area contributed by atoms with E-state index in [2.05, 4.69) is 11.7 Å². The average molecular weight is 431 g/mol. The van der Waals surface area contributed by atoms with Crippen molar-refractivity contribution in [1.82, 2.24) is 9.80 Å². The molecule has 2 saturated heterocycles. The van der Waals surface area contributed by atoms with Crippen molar-refractivity contribution in [3.8, 4) is 0 Å². The first-order valence-corrected chi connectivity index (χ1v) is 11.6. The number of hydrogen-bond acceptors (Lipinski definition) is 7. The van der Waals surface area contributed by atoms with Crippen LogP contribution in [-0.4, -0.2) is 57.9 Å². The van der Waals surface area contributed by atoms with Crippen molar-refractivity contribution in [3.63, 3.8) is 0 Å². The van der Waals surface area contributed by atoms with Gasteiger partial charge in [-0.2, -0.15) is 0 Å². The van der Waals surface area contributed by atoms with Crippen molar-refractivity contribution in [2.75, 3.05) is 25.4 Å². The summed E-state index contributed by atoms with van der Waals surface area (Å²) >= 11 is 8.07. The third kappa shape index (κ3) is 6.22. The van der Waals surface area contributed by atoms with Crippen LogP contribution in [0.5, 0.6) is 0 Å². The number of amides is 2. The van der Waals surface area contributed by atoms with Crippen LogP contribution in [0.4, 0.5) is 0 Å². The summed E-state index contributed by atoms with van der Waals surface area (Å²) in [6.45, 7) is 3.91. The van der Waals surface area contributed by atoms with Crippen LogP contribution in [0.1, 0.15) is 51.9 Å². The summed E-state index contributed by atoms with van der Waals surface area (Å²) in [5.41, 5.74) is 0. The van der Waals surface area contributed by atoms with E-state index >= 15 is 0 Å². The monoisotopic (exact) mass is 430 g/mol. The molecule has 2 heterocycles. The van der Waals surface area contributed by atoms with Gasteiger partial charge in [-0.1, -0.05) is 74.8 Å². The molecule has 0 spiro atoms. The summed E-state index contributed by atoms with van der Waals surface area (Å²) in [6, 6.07) is 0. The lowest BCUT2D eigenvalue weighted by Crippen LogP contribution is -2.31. The molecule has 2 rings (SSSR count). The predicted octanol–water partition coefficient (Wildman–Crippen LogP) is 3.51. The number of unbranched alkanes of at least 4 members (excludes halogenated alkanes) is 5. The van der Waals surface area contributed by atoms with E-state index in [0.29, 0.717) is 46.0 Å². The van der Waals surface area contributed by atoms with Crippen LogP contribution >= 0.6 is 35.7 Å². The number of carbonyl (C=O) groups excluding carboxylic acids is 3. The van der Waals surface area contributed by atoms with Gasteiger partial charge in [0.05, 0.1) is 17.4 Å². The molecule has 0 aromatic heterocycles. The number of thioether (sulfide) groups is 2. The third-order valence-corrected chi connectivity index (χ3v) is 7.03. The fourth-order valence-electron chi connectivity index (χ4n) is 2.94. The molecule has 9 heteroatoms. The van der Waals surface area contributed by atoms with Crippen molar-refractivity contribution in [2.24, 2.45) is 0 Å². The normalized spacial score (nSPS) is 20.1. The second-order valence-corrected chi connectivity index (χ2v) is 8.99. The Balaban J connectivity index is 1.94. The van der Waals surface area contributed by atoms with Gasteiger partial charge in [0.1, 0.15) is 9.23 Å². The Morgan fingerprint density at radius 2 is 1.78 bits per heavy atom. The Bertz CT molecular complexity index is 609. The molecule has 2 aliphatic rings. The van der Waals surface area contributed by atoms with E-state index in [-0.39, 0.29) is 18.4 Å². The zero-order valence-electron chi connectivity index (χ0n) is 15.6. The molecule has 2 aliphatic heterocycles. The molecule has 0 atom stereocenters. The maximum absolute atomic E-state index is 12.8. The van der Waals surface area contributed by atoms with Gasteiger partial charge >= 0.3 is 0 Å². The minimum absolute atomic E-state index is 0.0257. The first kappa shape index (κ1) is 22.2. The summed E-state index contributed by atoms with van der Waals surface area (Å²) in [7, 11) is 0. The average Bonchev–Trinajstić information content (AvgIpc) is 3.15. The maximum atomic E-state index is 12.8. The Kier molecular flexibility index (Phi) is 9.64. The lowest BCUT2D eigenvalue weighted by Gasteiger charge is -2.18. The summed E-state index contributed by atoms with van der Waals surface area (Å²) in [6.07, 6.45) is 7.47. The van der Waals surface area contributed by atoms with Crippen molar-refractivity contribution >= 4 is 58.3 Å². The molecule has 0 N–H and O–H groups in total. The Labute approximate surface area is 174 Å². The van der Waals surface area contributed by atoms with Crippen LogP contribution in [0.25, 0.3) is 0 Å². The SMILES string of the molecule is CCCCCCCCN1C(=O)C(=C2SCC(=O)N2CCCOC=O)SC1=S. The third-order valence-electron chi connectivity index (χ3n) is 4.37. The van der Waals surface area contributed by atoms with Crippen molar-refractivity contribution in [2.45, 2.75) is 51.9 Å². The summed E-state index contributed by atoms with van der Waals surface area (Å²) in [4.78, 5) is 39.1. The van der Waals surface area contributed by atoms with E-state index in [4.69, 9.17) is 12.2 Å². The zero-order chi connectivity index (χ0) is 19.6. The number of thiocarbonyl (C=S) groups is 1. The van der Waals surface area contributed by atoms with E-state index in [0.717, 1.165) is 12.8 Å². The molecule has 0 aliphatic carbocycles. The molecule has 2 amide bonds. The van der Waals surface area contributed by atoms with Crippen LogP contribution in [0.3, 0.4) is 0 Å². The van der Waals surface area contributed by atoms with Gasteiger partial charge < -0.3 is 9.64 Å². The van der Waals surface area contributed by atoms with E-state index in [1.165, 1.54) is 49.2 Å². The zero-order valence-corrected chi connectivity index (χ0v) is 18.1. The first-order valence-electron chi connectivity index (χ1n) is 9.36. The van der Waals surface area contributed by atoms with Gasteiger partial charge in [0.15, 0.2) is 0 Å². The van der Waals surface area contributed by atoms with Crippen LogP contribution in [0.2, 0.25) is 0 Å². The van der Waals surface area contributed by atoms with E-state index in [1.807, 2.05) is 0 Å². The van der Waals surface area contributed by atoms with Crippen molar-refractivity contribution in [3.05, 3.63) is 9.93 Å². The second-order valence-electron chi connectivity index (χ2n) is 6.38. The molecule has 150 valence electrons. The quantitative estimate of drug-likeness (QED) is 0.203. The van der Waals surface area contributed by atoms with Crippen LogP contribution in [0.15, 0.2) is 9.93 Å². The smallest absolute Gasteiger partial charge is 0.293 e. The standard InChI is InChI=1S/C18H26N2O4S3/c1-2-3-4-5-6-7-9-20-16(23)15(27-18(20)25)17-19(14(22)12-26-17)10-8-11-24-13-21/h13H,2-12H2,1H3. The van der Waals surface area contributed by atoms with Crippen LogP contribution in [-0.2, 0) is 19.1 Å². The number of rotatable bonds is 12. The van der Waals surface area contributed by atoms with Gasteiger partial charge in [-0.05, 0) is 12.8 Å². The molecule has 0 bridgehead atoms. The molecular weight excluding hydrogens is 404 g/mol. The number of ether oxygens (including phenoxy) is 1. The molecule has 6 nitrogen and oxygen atoms in total. The number of hydrogen-bond donors (Lipinski definition) is 0. The van der Waals surface area contributed by atoms with Gasteiger partial charge in [0, 0.05) is 13.1 Å². The van der Waals surface area contributed by atoms with Gasteiger partial charge in [-0.3, -0.25) is 19.3 Å². The first-order chi connectivity index (χ1) is 13.1. The van der Waals surface area contributed by atoms with E-state index in [1.54, 1.807) is 9.80 Å². The Morgan fingerprint density at radius 3 is 2.52 bits per heavy atom. The molecule has 0 radical (unpaired) electrons. The minimum Gasteiger partial charge on any atom is -0.468 e. The van der Waals surface area contributed by atoms with E-state index in [9.17, 15) is 14.4 Å². The largest absolute Gasteiger partial charge is 0.468 e. The molecular formula is C18H26N2O4S3. The van der Waals surface area contributed by atoms with Crippen molar-refractivity contribution in [1.29, 1.82) is 0 Å². The van der Waals surface area contributed by atoms with Crippen LogP contribution < -0.4 is 0 Å². The van der Waals surface area contributed by atoms with Gasteiger partial charge in [0.25, 0.3) is 12.4 Å². The summed E-state index contributed by atoms with van der Waals surface area (Å²) in [5.74, 6) is 0.206. The molecule has 0 aromatic carbocycles. The summed E-state index contributed by atoms with van der Waals surface area (Å²) < 4.78 is 5.25. The summed E-state index contributed by atoms with van der Waals surface area (Å²) in [5, 5.41) is 0.689. The topological polar surface area (TPSA) is 66.9 Å². The highest BCUT2D eigenvalue weighted by Crippen LogP contribution is 2.41. The fraction of sp³-hybridized carbons (Fsp3) is 0.667. The molecule has 0 saturated carbocycles. The fourth-order valence-corrected chi connectivity index (χ4v) is 5.50. The maximum Gasteiger partial charge on any atom is 0.293 e. The highest BCUT2D eigenvalue weighted by Gasteiger charge is 2.39. The number of nitrogens with zero attached hydrogens (tertiary/aromatic N) is 2. The molecule has 0 unspecified atom stereocenters. The highest BCUT2D eigenvalue weighted by atomic mass is 32.2. The van der Waals surface area contributed by atoms with Gasteiger partial charge in [0.2, 0.25) is 5.91 Å². The Morgan fingerprint density at radius 1 is 1.07 bits per heavy atom. The van der Waals surface area contributed by atoms with Crippen molar-refractivity contribution < 1.29 is 19.1 Å². The van der Waals surface area contributed by atoms with Gasteiger partial charge in [-0.25, -0.2) is 0 Å². The lowest BCUT2D eigenvalue weighted by atomic mass is 10.1.